The summed E-state index contributed by atoms with van der Waals surface area (Å²) in [6.45, 7) is 4.77. The van der Waals surface area contributed by atoms with Crippen molar-refractivity contribution in [3.63, 3.8) is 0 Å². The summed E-state index contributed by atoms with van der Waals surface area (Å²) in [5.74, 6) is 0.148. The average Bonchev–Trinajstić information content (AvgIpc) is 2.07. The van der Waals surface area contributed by atoms with Gasteiger partial charge in [0, 0.05) is 6.04 Å². The predicted octanol–water partition coefficient (Wildman–Crippen LogP) is 1.26. The van der Waals surface area contributed by atoms with Gasteiger partial charge in [0.25, 0.3) is 0 Å². The van der Waals surface area contributed by atoms with Crippen LogP contribution in [0, 0.1) is 17.8 Å². The van der Waals surface area contributed by atoms with Crippen molar-refractivity contribution in [3.8, 4) is 0 Å². The van der Waals surface area contributed by atoms with Crippen LogP contribution >= 0.6 is 0 Å². The fraction of sp³-hybridized carbons (Fsp3) is 0.727. The zero-order chi connectivity index (χ0) is 10.1. The van der Waals surface area contributed by atoms with E-state index in [1.807, 2.05) is 6.08 Å². The molecule has 1 aliphatic carbocycles. The Hall–Kier alpha value is -0.830. The van der Waals surface area contributed by atoms with Crippen LogP contribution in [-0.2, 0) is 4.79 Å². The molecule has 0 spiro atoms. The molecule has 1 heterocycles. The first-order valence-corrected chi connectivity index (χ1v) is 5.31. The number of carboxylic acid groups (broad SMARTS) is 1. The van der Waals surface area contributed by atoms with E-state index < -0.39 is 5.97 Å². The molecule has 4 unspecified atom stereocenters. The van der Waals surface area contributed by atoms with Crippen molar-refractivity contribution < 1.29 is 9.90 Å². The number of carboxylic acids is 1. The van der Waals surface area contributed by atoms with E-state index in [2.05, 4.69) is 11.9 Å². The van der Waals surface area contributed by atoms with Crippen LogP contribution in [0.25, 0.3) is 0 Å². The summed E-state index contributed by atoms with van der Waals surface area (Å²) in [4.78, 5) is 10.9. The minimum atomic E-state index is -0.621. The van der Waals surface area contributed by atoms with Crippen molar-refractivity contribution in [1.29, 1.82) is 0 Å². The Bertz CT molecular complexity index is 252. The lowest BCUT2D eigenvalue weighted by Gasteiger charge is -2.50. The summed E-state index contributed by atoms with van der Waals surface area (Å²) in [6, 6.07) is 0.454. The maximum Gasteiger partial charge on any atom is 0.306 e. The van der Waals surface area contributed by atoms with Crippen LogP contribution < -0.4 is 5.32 Å². The molecule has 0 aromatic carbocycles. The first-order valence-electron chi connectivity index (χ1n) is 5.31. The fourth-order valence-corrected chi connectivity index (χ4v) is 2.95. The maximum absolute atomic E-state index is 10.9. The Labute approximate surface area is 84.2 Å². The zero-order valence-corrected chi connectivity index (χ0v) is 8.28. The highest BCUT2D eigenvalue weighted by Gasteiger charge is 2.50. The van der Waals surface area contributed by atoms with Crippen molar-refractivity contribution in [1.82, 2.24) is 5.32 Å². The van der Waals surface area contributed by atoms with Crippen LogP contribution in [0.15, 0.2) is 12.7 Å². The zero-order valence-electron chi connectivity index (χ0n) is 8.28. The van der Waals surface area contributed by atoms with Gasteiger partial charge in [0.2, 0.25) is 0 Å². The van der Waals surface area contributed by atoms with E-state index in [-0.39, 0.29) is 5.92 Å². The van der Waals surface area contributed by atoms with Crippen LogP contribution in [-0.4, -0.2) is 23.7 Å². The number of carbonyl (C=O) groups is 1. The molecule has 2 fully saturated rings. The van der Waals surface area contributed by atoms with Gasteiger partial charge in [-0.1, -0.05) is 6.08 Å². The van der Waals surface area contributed by atoms with Gasteiger partial charge >= 0.3 is 5.97 Å². The van der Waals surface area contributed by atoms with Gasteiger partial charge in [0.05, 0.1) is 5.92 Å². The Morgan fingerprint density at radius 2 is 2.43 bits per heavy atom. The summed E-state index contributed by atoms with van der Waals surface area (Å²) in [6.07, 6.45) is 4.79. The van der Waals surface area contributed by atoms with Gasteiger partial charge in [-0.15, -0.1) is 6.58 Å². The van der Waals surface area contributed by atoms with Crippen molar-refractivity contribution in [3.05, 3.63) is 12.7 Å². The molecule has 1 saturated carbocycles. The quantitative estimate of drug-likeness (QED) is 0.666. The first-order chi connectivity index (χ1) is 6.74. The number of hydrogen-bond donors (Lipinski definition) is 2. The molecule has 14 heavy (non-hydrogen) atoms. The van der Waals surface area contributed by atoms with Gasteiger partial charge in [-0.25, -0.2) is 0 Å². The van der Waals surface area contributed by atoms with Gasteiger partial charge < -0.3 is 10.4 Å². The lowest BCUT2D eigenvalue weighted by atomic mass is 9.60. The van der Waals surface area contributed by atoms with E-state index in [0.717, 1.165) is 25.8 Å². The third-order valence-corrected chi connectivity index (χ3v) is 3.69. The number of nitrogens with one attached hydrogen (secondary N) is 1. The largest absolute Gasteiger partial charge is 0.481 e. The van der Waals surface area contributed by atoms with E-state index in [4.69, 9.17) is 5.11 Å². The minimum Gasteiger partial charge on any atom is -0.481 e. The minimum absolute atomic E-state index is 0.113. The standard InChI is InChI=1S/C11H17NO2/c1-2-3-7-4-5-12-9-6-8(10(7)9)11(13)14/h2,7-10,12H,1,3-6H2,(H,13,14). The molecule has 2 rings (SSSR count). The molecule has 1 aliphatic heterocycles. The first kappa shape index (κ1) is 9.71. The average molecular weight is 195 g/mol. The SMILES string of the molecule is C=CCC1CCNC2CC(C(=O)O)C12. The van der Waals surface area contributed by atoms with Crippen molar-refractivity contribution >= 4 is 5.97 Å². The molecule has 2 N–H and O–H groups in total. The van der Waals surface area contributed by atoms with E-state index in [1.165, 1.54) is 0 Å². The Kier molecular flexibility index (Phi) is 2.59. The number of allylic oxidation sites excluding steroid dienone is 1. The van der Waals surface area contributed by atoms with Crippen LogP contribution in [0.2, 0.25) is 0 Å². The van der Waals surface area contributed by atoms with E-state index >= 15 is 0 Å². The molecule has 0 bridgehead atoms. The maximum atomic E-state index is 10.9. The highest BCUT2D eigenvalue weighted by atomic mass is 16.4. The second kappa shape index (κ2) is 3.73. The second-order valence-corrected chi connectivity index (χ2v) is 4.39. The van der Waals surface area contributed by atoms with E-state index in [9.17, 15) is 4.79 Å². The highest BCUT2D eigenvalue weighted by Crippen LogP contribution is 2.44. The molecule has 3 heteroatoms. The lowest BCUT2D eigenvalue weighted by Crippen LogP contribution is -2.59. The summed E-state index contributed by atoms with van der Waals surface area (Å²) < 4.78 is 0. The molecule has 4 atom stereocenters. The Morgan fingerprint density at radius 3 is 3.07 bits per heavy atom. The molecule has 1 saturated heterocycles. The Balaban J connectivity index is 2.03. The number of aliphatic carboxylic acids is 1. The predicted molar refractivity (Wildman–Crippen MR) is 53.9 cm³/mol. The molecule has 3 nitrogen and oxygen atoms in total. The van der Waals surface area contributed by atoms with Gasteiger partial charge in [0.1, 0.15) is 0 Å². The van der Waals surface area contributed by atoms with Gasteiger partial charge in [-0.3, -0.25) is 4.79 Å². The molecular formula is C11H17NO2. The van der Waals surface area contributed by atoms with Crippen molar-refractivity contribution in [2.75, 3.05) is 6.54 Å². The summed E-state index contributed by atoms with van der Waals surface area (Å²) in [7, 11) is 0. The van der Waals surface area contributed by atoms with Crippen LogP contribution in [0.5, 0.6) is 0 Å². The number of piperidine rings is 1. The molecule has 0 aromatic heterocycles. The van der Waals surface area contributed by atoms with Gasteiger partial charge in [-0.05, 0) is 37.6 Å². The van der Waals surface area contributed by atoms with Crippen molar-refractivity contribution in [2.45, 2.75) is 25.3 Å². The normalized spacial score (nSPS) is 40.9. The van der Waals surface area contributed by atoms with Gasteiger partial charge in [-0.2, -0.15) is 0 Å². The van der Waals surface area contributed by atoms with E-state index in [0.29, 0.717) is 17.9 Å². The molecule has 0 radical (unpaired) electrons. The fourth-order valence-electron chi connectivity index (χ4n) is 2.95. The number of rotatable bonds is 3. The molecular weight excluding hydrogens is 178 g/mol. The topological polar surface area (TPSA) is 49.3 Å². The lowest BCUT2D eigenvalue weighted by molar-refractivity contribution is -0.152. The summed E-state index contributed by atoms with van der Waals surface area (Å²) in [5.41, 5.74) is 0. The third kappa shape index (κ3) is 1.46. The third-order valence-electron chi connectivity index (χ3n) is 3.69. The Morgan fingerprint density at radius 1 is 1.64 bits per heavy atom. The summed E-state index contributed by atoms with van der Waals surface area (Å²) in [5, 5.41) is 12.4. The van der Waals surface area contributed by atoms with Crippen LogP contribution in [0.3, 0.4) is 0 Å². The van der Waals surface area contributed by atoms with Crippen LogP contribution in [0.4, 0.5) is 0 Å². The van der Waals surface area contributed by atoms with Crippen LogP contribution in [0.1, 0.15) is 19.3 Å². The monoisotopic (exact) mass is 195 g/mol. The van der Waals surface area contributed by atoms with Crippen molar-refractivity contribution in [2.24, 2.45) is 17.8 Å². The van der Waals surface area contributed by atoms with E-state index in [1.54, 1.807) is 0 Å². The molecule has 0 aromatic rings. The molecule has 78 valence electrons. The summed E-state index contributed by atoms with van der Waals surface area (Å²) >= 11 is 0. The number of hydrogen-bond acceptors (Lipinski definition) is 2. The highest BCUT2D eigenvalue weighted by molar-refractivity contribution is 5.72. The number of fused-ring (bicyclic) bond motifs is 1. The molecule has 2 aliphatic rings. The smallest absolute Gasteiger partial charge is 0.306 e. The van der Waals surface area contributed by atoms with Gasteiger partial charge in [0.15, 0.2) is 0 Å². The second-order valence-electron chi connectivity index (χ2n) is 4.39. The molecule has 0 amide bonds.